The van der Waals surface area contributed by atoms with E-state index in [4.69, 9.17) is 5.73 Å². The Kier molecular flexibility index (Phi) is 7.15. The molecule has 0 saturated carbocycles. The molecule has 5 nitrogen and oxygen atoms in total. The van der Waals surface area contributed by atoms with E-state index in [2.05, 4.69) is 0 Å². The van der Waals surface area contributed by atoms with Crippen molar-refractivity contribution in [1.29, 1.82) is 0 Å². The van der Waals surface area contributed by atoms with E-state index in [1.54, 1.807) is 19.0 Å². The first-order valence-electron chi connectivity index (χ1n) is 8.08. The molecule has 21 heavy (non-hydrogen) atoms. The number of nitrogens with two attached hydrogens (primary N) is 1. The minimum absolute atomic E-state index is 0.0600. The molecule has 0 aliphatic carbocycles. The second-order valence-electron chi connectivity index (χ2n) is 6.64. The molecule has 1 aliphatic heterocycles. The zero-order valence-corrected chi connectivity index (χ0v) is 14.0. The van der Waals surface area contributed by atoms with Crippen LogP contribution in [0, 0.1) is 11.8 Å². The van der Waals surface area contributed by atoms with Gasteiger partial charge >= 0.3 is 0 Å². The van der Waals surface area contributed by atoms with Gasteiger partial charge in [0.15, 0.2) is 0 Å². The van der Waals surface area contributed by atoms with Crippen molar-refractivity contribution >= 4 is 11.8 Å². The molecule has 0 radical (unpaired) electrons. The van der Waals surface area contributed by atoms with Crippen LogP contribution in [0.2, 0.25) is 0 Å². The molecule has 5 heteroatoms. The van der Waals surface area contributed by atoms with Crippen molar-refractivity contribution in [1.82, 2.24) is 9.80 Å². The van der Waals surface area contributed by atoms with E-state index < -0.39 is 0 Å². The summed E-state index contributed by atoms with van der Waals surface area (Å²) in [5.41, 5.74) is 5.73. The van der Waals surface area contributed by atoms with Gasteiger partial charge < -0.3 is 15.5 Å². The number of carbonyl (C=O) groups is 2. The fourth-order valence-electron chi connectivity index (χ4n) is 2.89. The summed E-state index contributed by atoms with van der Waals surface area (Å²) < 4.78 is 0. The summed E-state index contributed by atoms with van der Waals surface area (Å²) in [6.07, 6.45) is 4.44. The van der Waals surface area contributed by atoms with Crippen molar-refractivity contribution < 1.29 is 9.59 Å². The van der Waals surface area contributed by atoms with Crippen LogP contribution in [0.25, 0.3) is 0 Å². The Balaban J connectivity index is 2.36. The summed E-state index contributed by atoms with van der Waals surface area (Å²) >= 11 is 0. The molecular weight excluding hydrogens is 266 g/mol. The number of hydrogen-bond donors (Lipinski definition) is 1. The molecule has 0 bridgehead atoms. The topological polar surface area (TPSA) is 66.6 Å². The van der Waals surface area contributed by atoms with Gasteiger partial charge in [0.1, 0.15) is 0 Å². The SMILES string of the molecule is CC(N)CCCC(C)C(=O)N1CCC(C(=O)N(C)C)CC1. The minimum Gasteiger partial charge on any atom is -0.349 e. The van der Waals surface area contributed by atoms with Gasteiger partial charge in [0.25, 0.3) is 0 Å². The average molecular weight is 297 g/mol. The number of carbonyl (C=O) groups excluding carboxylic acids is 2. The summed E-state index contributed by atoms with van der Waals surface area (Å²) in [4.78, 5) is 27.9. The molecule has 2 atom stereocenters. The number of rotatable bonds is 6. The molecule has 0 aromatic carbocycles. The first-order chi connectivity index (χ1) is 9.82. The fourth-order valence-corrected chi connectivity index (χ4v) is 2.89. The van der Waals surface area contributed by atoms with Crippen LogP contribution in [0.5, 0.6) is 0 Å². The second-order valence-corrected chi connectivity index (χ2v) is 6.64. The van der Waals surface area contributed by atoms with Gasteiger partial charge in [-0.2, -0.15) is 0 Å². The normalized spacial score (nSPS) is 19.2. The summed E-state index contributed by atoms with van der Waals surface area (Å²) in [6.45, 7) is 5.42. The zero-order chi connectivity index (χ0) is 16.0. The lowest BCUT2D eigenvalue weighted by atomic mass is 9.93. The van der Waals surface area contributed by atoms with E-state index in [1.807, 2.05) is 18.7 Å². The molecule has 1 rings (SSSR count). The van der Waals surface area contributed by atoms with Gasteiger partial charge in [-0.3, -0.25) is 9.59 Å². The highest BCUT2D eigenvalue weighted by Gasteiger charge is 2.29. The molecular formula is C16H31N3O2. The third-order valence-corrected chi connectivity index (χ3v) is 4.31. The minimum atomic E-state index is 0.0600. The maximum Gasteiger partial charge on any atom is 0.225 e. The zero-order valence-electron chi connectivity index (χ0n) is 14.0. The number of hydrogen-bond acceptors (Lipinski definition) is 3. The first kappa shape index (κ1) is 18.0. The predicted octanol–water partition coefficient (Wildman–Crippen LogP) is 1.47. The quantitative estimate of drug-likeness (QED) is 0.807. The predicted molar refractivity (Wildman–Crippen MR) is 84.7 cm³/mol. The lowest BCUT2D eigenvalue weighted by Gasteiger charge is -2.34. The Hall–Kier alpha value is -1.10. The van der Waals surface area contributed by atoms with Gasteiger partial charge in [0.05, 0.1) is 0 Å². The maximum absolute atomic E-state index is 12.4. The highest BCUT2D eigenvalue weighted by atomic mass is 16.2. The Morgan fingerprint density at radius 3 is 2.24 bits per heavy atom. The van der Waals surface area contributed by atoms with Crippen molar-refractivity contribution in [3.8, 4) is 0 Å². The average Bonchev–Trinajstić information content (AvgIpc) is 2.45. The largest absolute Gasteiger partial charge is 0.349 e. The summed E-state index contributed by atoms with van der Waals surface area (Å²) in [6, 6.07) is 0.208. The van der Waals surface area contributed by atoms with Crippen LogP contribution in [0.1, 0.15) is 46.0 Å². The van der Waals surface area contributed by atoms with E-state index in [0.29, 0.717) is 13.1 Å². The molecule has 122 valence electrons. The molecule has 0 spiro atoms. The van der Waals surface area contributed by atoms with Crippen LogP contribution < -0.4 is 5.73 Å². The van der Waals surface area contributed by atoms with Gasteiger partial charge in [0.2, 0.25) is 11.8 Å². The summed E-state index contributed by atoms with van der Waals surface area (Å²) in [7, 11) is 3.58. The molecule has 0 aromatic rings. The summed E-state index contributed by atoms with van der Waals surface area (Å²) in [5, 5.41) is 0. The molecule has 2 N–H and O–H groups in total. The van der Waals surface area contributed by atoms with Gasteiger partial charge in [-0.15, -0.1) is 0 Å². The van der Waals surface area contributed by atoms with Crippen LogP contribution in [-0.4, -0.2) is 54.8 Å². The van der Waals surface area contributed by atoms with E-state index in [0.717, 1.165) is 32.1 Å². The first-order valence-corrected chi connectivity index (χ1v) is 8.08. The molecule has 1 saturated heterocycles. The molecule has 1 aliphatic rings. The Morgan fingerprint density at radius 1 is 1.19 bits per heavy atom. The van der Waals surface area contributed by atoms with Crippen LogP contribution in [0.3, 0.4) is 0 Å². The van der Waals surface area contributed by atoms with Gasteiger partial charge in [0, 0.05) is 45.1 Å². The van der Waals surface area contributed by atoms with E-state index in [1.165, 1.54) is 0 Å². The van der Waals surface area contributed by atoms with E-state index in [9.17, 15) is 9.59 Å². The smallest absolute Gasteiger partial charge is 0.225 e. The molecule has 2 amide bonds. The summed E-state index contributed by atoms with van der Waals surface area (Å²) in [5.74, 6) is 0.560. The third kappa shape index (κ3) is 5.65. The Bertz CT molecular complexity index is 347. The highest BCUT2D eigenvalue weighted by molar-refractivity contribution is 5.80. The number of piperidine rings is 1. The van der Waals surface area contributed by atoms with Gasteiger partial charge in [-0.1, -0.05) is 13.3 Å². The second kappa shape index (κ2) is 8.37. The number of amides is 2. The van der Waals surface area contributed by atoms with Crippen molar-refractivity contribution in [3.63, 3.8) is 0 Å². The van der Waals surface area contributed by atoms with E-state index in [-0.39, 0.29) is 29.7 Å². The fraction of sp³-hybridized carbons (Fsp3) is 0.875. The Morgan fingerprint density at radius 2 is 1.76 bits per heavy atom. The van der Waals surface area contributed by atoms with Crippen molar-refractivity contribution in [3.05, 3.63) is 0 Å². The monoisotopic (exact) mass is 297 g/mol. The van der Waals surface area contributed by atoms with Crippen molar-refractivity contribution in [2.24, 2.45) is 17.6 Å². The van der Waals surface area contributed by atoms with Crippen LogP contribution in [-0.2, 0) is 9.59 Å². The molecule has 0 aromatic heterocycles. The Labute approximate surface area is 128 Å². The number of likely N-dealkylation sites (tertiary alicyclic amines) is 1. The van der Waals surface area contributed by atoms with E-state index >= 15 is 0 Å². The van der Waals surface area contributed by atoms with Crippen molar-refractivity contribution in [2.45, 2.75) is 52.0 Å². The third-order valence-electron chi connectivity index (χ3n) is 4.31. The lowest BCUT2D eigenvalue weighted by Crippen LogP contribution is -2.44. The molecule has 2 unspecified atom stereocenters. The van der Waals surface area contributed by atoms with Gasteiger partial charge in [-0.05, 0) is 32.6 Å². The molecule has 1 fully saturated rings. The maximum atomic E-state index is 12.4. The van der Waals surface area contributed by atoms with Crippen LogP contribution in [0.15, 0.2) is 0 Å². The van der Waals surface area contributed by atoms with Crippen molar-refractivity contribution in [2.75, 3.05) is 27.2 Å². The number of nitrogens with zero attached hydrogens (tertiary/aromatic N) is 2. The lowest BCUT2D eigenvalue weighted by molar-refractivity contribution is -0.141. The van der Waals surface area contributed by atoms with Crippen LogP contribution in [0.4, 0.5) is 0 Å². The van der Waals surface area contributed by atoms with Gasteiger partial charge in [-0.25, -0.2) is 0 Å². The molecule has 1 heterocycles. The standard InChI is InChI=1S/C16H31N3O2/c1-12(6-5-7-13(2)17)15(20)19-10-8-14(9-11-19)16(21)18(3)4/h12-14H,5-11,17H2,1-4H3. The van der Waals surface area contributed by atoms with Crippen LogP contribution >= 0.6 is 0 Å². The highest BCUT2D eigenvalue weighted by Crippen LogP contribution is 2.21.